The zero-order valence-electron chi connectivity index (χ0n) is 4.86. The monoisotopic (exact) mass is 100 g/mol. The van der Waals surface area contributed by atoms with Gasteiger partial charge in [0.25, 0.3) is 0 Å². The van der Waals surface area contributed by atoms with Gasteiger partial charge in [0.15, 0.2) is 0 Å². The topological polar surface area (TPSA) is 24.1 Å². The summed E-state index contributed by atoms with van der Waals surface area (Å²) in [4.78, 5) is 0. The van der Waals surface area contributed by atoms with Gasteiger partial charge in [-0.15, -0.1) is 0 Å². The fourth-order valence-corrected chi connectivity index (χ4v) is 0.700. The molecule has 1 saturated heterocycles. The van der Waals surface area contributed by atoms with Gasteiger partial charge in [-0.3, -0.25) is 10.9 Å². The van der Waals surface area contributed by atoms with Crippen LogP contribution in [-0.2, 0) is 0 Å². The molecule has 1 aliphatic heterocycles. The van der Waals surface area contributed by atoms with Gasteiger partial charge in [-0.1, -0.05) is 6.92 Å². The second kappa shape index (κ2) is 1.80. The minimum absolute atomic E-state index is 0.653. The lowest BCUT2D eigenvalue weighted by atomic mass is 10.1. The number of nitrogens with one attached hydrogen (secondary N) is 2. The summed E-state index contributed by atoms with van der Waals surface area (Å²) in [5, 5.41) is 0. The van der Waals surface area contributed by atoms with Crippen molar-refractivity contribution in [2.24, 2.45) is 5.92 Å². The number of hydrogen-bond donors (Lipinski definition) is 2. The second-order valence-electron chi connectivity index (χ2n) is 2.29. The van der Waals surface area contributed by atoms with Gasteiger partial charge in [-0.25, -0.2) is 0 Å². The average Bonchev–Trinajstić information content (AvgIpc) is 1.91. The second-order valence-corrected chi connectivity index (χ2v) is 2.29. The Hall–Kier alpha value is -0.0800. The molecular formula is C5H12N2. The summed E-state index contributed by atoms with van der Waals surface area (Å²) < 4.78 is 0. The van der Waals surface area contributed by atoms with Crippen LogP contribution >= 0.6 is 0 Å². The van der Waals surface area contributed by atoms with Crippen LogP contribution < -0.4 is 10.9 Å². The van der Waals surface area contributed by atoms with E-state index < -0.39 is 0 Å². The van der Waals surface area contributed by atoms with Crippen molar-refractivity contribution in [2.45, 2.75) is 19.9 Å². The van der Waals surface area contributed by atoms with Crippen LogP contribution in [0.3, 0.4) is 0 Å². The maximum Gasteiger partial charge on any atom is 0.0222 e. The molecule has 0 aromatic heterocycles. The molecular weight excluding hydrogens is 88.1 g/mol. The van der Waals surface area contributed by atoms with Crippen molar-refractivity contribution in [2.75, 3.05) is 6.54 Å². The Kier molecular flexibility index (Phi) is 1.30. The first-order valence-corrected chi connectivity index (χ1v) is 2.79. The van der Waals surface area contributed by atoms with Gasteiger partial charge in [-0.05, 0) is 12.8 Å². The van der Waals surface area contributed by atoms with Crippen LogP contribution in [0.1, 0.15) is 13.8 Å². The normalized spacial score (nSPS) is 42.0. The molecule has 42 valence electrons. The van der Waals surface area contributed by atoms with Crippen molar-refractivity contribution in [3.05, 3.63) is 0 Å². The molecule has 0 bridgehead atoms. The van der Waals surface area contributed by atoms with Crippen molar-refractivity contribution < 1.29 is 0 Å². The fourth-order valence-electron chi connectivity index (χ4n) is 0.700. The van der Waals surface area contributed by atoms with Crippen LogP contribution in [0, 0.1) is 5.92 Å². The smallest absolute Gasteiger partial charge is 0.0222 e. The quantitative estimate of drug-likeness (QED) is 0.452. The Labute approximate surface area is 44.3 Å². The number of hydrogen-bond acceptors (Lipinski definition) is 2. The molecule has 1 fully saturated rings. The molecule has 2 heteroatoms. The molecule has 0 spiro atoms. The zero-order valence-corrected chi connectivity index (χ0v) is 4.86. The molecule has 2 nitrogen and oxygen atoms in total. The predicted molar refractivity (Wildman–Crippen MR) is 29.8 cm³/mol. The highest BCUT2D eigenvalue weighted by Crippen LogP contribution is 2.03. The SMILES string of the molecule is C[C@@H]1NNC[C@@H]1C. The van der Waals surface area contributed by atoms with Crippen LogP contribution in [0.25, 0.3) is 0 Å². The molecule has 1 heterocycles. The first kappa shape index (κ1) is 5.06. The Morgan fingerprint density at radius 2 is 2.14 bits per heavy atom. The third kappa shape index (κ3) is 0.924. The molecule has 0 unspecified atom stereocenters. The Bertz CT molecular complexity index is 55.1. The molecule has 0 aromatic carbocycles. The summed E-state index contributed by atoms with van der Waals surface area (Å²) in [6, 6.07) is 0.653. The fraction of sp³-hybridized carbons (Fsp3) is 1.00. The van der Waals surface area contributed by atoms with E-state index in [1.54, 1.807) is 0 Å². The summed E-state index contributed by atoms with van der Waals surface area (Å²) in [7, 11) is 0. The van der Waals surface area contributed by atoms with Crippen molar-refractivity contribution >= 4 is 0 Å². The third-order valence-corrected chi connectivity index (χ3v) is 1.61. The highest BCUT2D eigenvalue weighted by molar-refractivity contribution is 4.73. The molecule has 2 N–H and O–H groups in total. The van der Waals surface area contributed by atoms with Crippen LogP contribution in [0.15, 0.2) is 0 Å². The lowest BCUT2D eigenvalue weighted by Crippen LogP contribution is -2.28. The van der Waals surface area contributed by atoms with Crippen LogP contribution in [0.5, 0.6) is 0 Å². The first-order valence-electron chi connectivity index (χ1n) is 2.79. The lowest BCUT2D eigenvalue weighted by Gasteiger charge is -2.03. The molecule has 0 aromatic rings. The molecule has 0 amide bonds. The minimum atomic E-state index is 0.653. The highest BCUT2D eigenvalue weighted by atomic mass is 15.4. The van der Waals surface area contributed by atoms with Crippen LogP contribution in [0.4, 0.5) is 0 Å². The van der Waals surface area contributed by atoms with Gasteiger partial charge in [-0.2, -0.15) is 0 Å². The van der Waals surface area contributed by atoms with E-state index in [0.29, 0.717) is 6.04 Å². The predicted octanol–water partition coefficient (Wildman–Crippen LogP) is 0.119. The van der Waals surface area contributed by atoms with E-state index in [-0.39, 0.29) is 0 Å². The molecule has 0 saturated carbocycles. The molecule has 1 rings (SSSR count). The summed E-state index contributed by atoms with van der Waals surface area (Å²) in [5.74, 6) is 0.792. The van der Waals surface area contributed by atoms with Crippen molar-refractivity contribution in [3.8, 4) is 0 Å². The van der Waals surface area contributed by atoms with E-state index in [4.69, 9.17) is 0 Å². The van der Waals surface area contributed by atoms with Gasteiger partial charge in [0.2, 0.25) is 0 Å². The molecule has 7 heavy (non-hydrogen) atoms. The Balaban J connectivity index is 2.33. The van der Waals surface area contributed by atoms with E-state index >= 15 is 0 Å². The highest BCUT2D eigenvalue weighted by Gasteiger charge is 2.16. The molecule has 0 aliphatic carbocycles. The summed E-state index contributed by atoms with van der Waals surface area (Å²) >= 11 is 0. The third-order valence-electron chi connectivity index (χ3n) is 1.61. The van der Waals surface area contributed by atoms with Crippen LogP contribution in [0.2, 0.25) is 0 Å². The van der Waals surface area contributed by atoms with E-state index in [1.165, 1.54) is 0 Å². The standard InChI is InChI=1S/C5H12N2/c1-4-3-6-7-5(4)2/h4-7H,3H2,1-2H3/t4-,5-/m0/s1. The van der Waals surface area contributed by atoms with E-state index in [2.05, 4.69) is 24.7 Å². The van der Waals surface area contributed by atoms with E-state index in [9.17, 15) is 0 Å². The largest absolute Gasteiger partial charge is 0.257 e. The first-order chi connectivity index (χ1) is 3.30. The van der Waals surface area contributed by atoms with Crippen molar-refractivity contribution in [3.63, 3.8) is 0 Å². The minimum Gasteiger partial charge on any atom is -0.257 e. The van der Waals surface area contributed by atoms with Gasteiger partial charge in [0, 0.05) is 12.6 Å². The maximum atomic E-state index is 3.12. The number of rotatable bonds is 0. The lowest BCUT2D eigenvalue weighted by molar-refractivity contribution is 0.525. The Morgan fingerprint density at radius 1 is 1.43 bits per heavy atom. The van der Waals surface area contributed by atoms with Crippen molar-refractivity contribution in [1.82, 2.24) is 10.9 Å². The van der Waals surface area contributed by atoms with Gasteiger partial charge >= 0.3 is 0 Å². The zero-order chi connectivity index (χ0) is 5.28. The van der Waals surface area contributed by atoms with Gasteiger partial charge in [0.05, 0.1) is 0 Å². The summed E-state index contributed by atoms with van der Waals surface area (Å²) in [5.41, 5.74) is 6.19. The van der Waals surface area contributed by atoms with Crippen molar-refractivity contribution in [1.29, 1.82) is 0 Å². The number of hydrazine groups is 1. The van der Waals surface area contributed by atoms with Gasteiger partial charge in [0.1, 0.15) is 0 Å². The van der Waals surface area contributed by atoms with E-state index in [0.717, 1.165) is 12.5 Å². The molecule has 2 atom stereocenters. The maximum absolute atomic E-state index is 3.12. The summed E-state index contributed by atoms with van der Waals surface area (Å²) in [6.45, 7) is 5.53. The summed E-state index contributed by atoms with van der Waals surface area (Å²) in [6.07, 6.45) is 0. The molecule has 1 aliphatic rings. The van der Waals surface area contributed by atoms with E-state index in [1.807, 2.05) is 0 Å². The average molecular weight is 100 g/mol. The Morgan fingerprint density at radius 3 is 2.29 bits per heavy atom. The van der Waals surface area contributed by atoms with Gasteiger partial charge < -0.3 is 0 Å². The molecule has 0 radical (unpaired) electrons. The van der Waals surface area contributed by atoms with Crippen LogP contribution in [-0.4, -0.2) is 12.6 Å².